The molecular formula is C42H50N8O6. The van der Waals surface area contributed by atoms with Crippen LogP contribution in [-0.2, 0) is 25.7 Å². The number of imide groups is 2. The summed E-state index contributed by atoms with van der Waals surface area (Å²) in [6, 6.07) is 10.3. The average molecular weight is 763 g/mol. The summed E-state index contributed by atoms with van der Waals surface area (Å²) in [4.78, 5) is 87.7. The third-order valence-corrected chi connectivity index (χ3v) is 11.7. The number of benzene rings is 2. The number of likely N-dealkylation sites (tertiary alicyclic amines) is 1. The van der Waals surface area contributed by atoms with E-state index in [-0.39, 0.29) is 29.9 Å². The second-order valence-corrected chi connectivity index (χ2v) is 15.5. The van der Waals surface area contributed by atoms with Gasteiger partial charge >= 0.3 is 0 Å². The number of carbonyl (C=O) groups is 6. The van der Waals surface area contributed by atoms with Crippen molar-refractivity contribution in [3.05, 3.63) is 77.2 Å². The van der Waals surface area contributed by atoms with Gasteiger partial charge in [0.05, 0.1) is 34.1 Å². The van der Waals surface area contributed by atoms with Gasteiger partial charge in [0.1, 0.15) is 11.9 Å². The molecule has 2 unspecified atom stereocenters. The summed E-state index contributed by atoms with van der Waals surface area (Å²) < 4.78 is 0. The lowest BCUT2D eigenvalue weighted by atomic mass is 9.75. The van der Waals surface area contributed by atoms with Crippen molar-refractivity contribution in [2.45, 2.75) is 103 Å². The number of nitrogens with two attached hydrogens (primary N) is 1. The van der Waals surface area contributed by atoms with Crippen LogP contribution in [0.2, 0.25) is 0 Å². The number of piperidine rings is 1. The highest BCUT2D eigenvalue weighted by molar-refractivity contribution is 6.25. The molecule has 0 saturated carbocycles. The number of hydrogen-bond acceptors (Lipinski definition) is 9. The van der Waals surface area contributed by atoms with Crippen molar-refractivity contribution in [1.82, 2.24) is 25.1 Å². The quantitative estimate of drug-likeness (QED) is 0.0975. The number of H-pyrrole nitrogens is 1. The number of amides is 6. The number of anilines is 2. The highest BCUT2D eigenvalue weighted by atomic mass is 16.2. The van der Waals surface area contributed by atoms with Crippen LogP contribution < -0.4 is 21.7 Å². The molecule has 0 bridgehead atoms. The van der Waals surface area contributed by atoms with E-state index in [1.807, 2.05) is 18.2 Å². The molecule has 3 atom stereocenters. The van der Waals surface area contributed by atoms with Crippen LogP contribution in [0.15, 0.2) is 60.2 Å². The summed E-state index contributed by atoms with van der Waals surface area (Å²) >= 11 is 0. The molecule has 2 saturated heterocycles. The van der Waals surface area contributed by atoms with Crippen LogP contribution in [0.25, 0.3) is 11.0 Å². The van der Waals surface area contributed by atoms with E-state index in [0.29, 0.717) is 42.4 Å². The molecule has 1 aliphatic carbocycles. The lowest BCUT2D eigenvalue weighted by Gasteiger charge is -2.29. The van der Waals surface area contributed by atoms with Crippen molar-refractivity contribution in [3.8, 4) is 0 Å². The number of primary amides is 1. The molecular weight excluding hydrogens is 713 g/mol. The molecule has 7 rings (SSSR count). The van der Waals surface area contributed by atoms with Crippen LogP contribution in [-0.4, -0.2) is 80.4 Å². The highest BCUT2D eigenvalue weighted by Gasteiger charge is 2.45. The molecule has 3 aromatic rings. The maximum absolute atomic E-state index is 13.3. The summed E-state index contributed by atoms with van der Waals surface area (Å²) in [6.07, 6.45) is 14.4. The van der Waals surface area contributed by atoms with E-state index in [4.69, 9.17) is 10.7 Å². The summed E-state index contributed by atoms with van der Waals surface area (Å²) in [7, 11) is 0. The number of nitrogens with one attached hydrogen (secondary N) is 4. The fourth-order valence-corrected chi connectivity index (χ4v) is 8.33. The molecule has 4 aliphatic rings. The van der Waals surface area contributed by atoms with Gasteiger partial charge in [0.15, 0.2) is 0 Å². The molecule has 3 aliphatic heterocycles. The zero-order valence-electron chi connectivity index (χ0n) is 31.8. The number of aromatic nitrogens is 2. The molecule has 1 aromatic heterocycles. The Hall–Kier alpha value is -5.63. The van der Waals surface area contributed by atoms with Gasteiger partial charge in [0.2, 0.25) is 17.7 Å². The minimum Gasteiger partial charge on any atom is -0.384 e. The Morgan fingerprint density at radius 2 is 1.80 bits per heavy atom. The van der Waals surface area contributed by atoms with Crippen molar-refractivity contribution in [3.63, 3.8) is 0 Å². The van der Waals surface area contributed by atoms with Crippen molar-refractivity contribution in [1.29, 1.82) is 0 Å². The fourth-order valence-electron chi connectivity index (χ4n) is 8.33. The molecule has 4 heterocycles. The molecule has 14 nitrogen and oxygen atoms in total. The SMILES string of the molecule is C[C@H]1CCCN1Cc1nc2cc(NC(=O)C3=CCC(CCCCCCCCNc4cccc5c4C(=O)N(C4CCC(=O)NC4=O)C5=O)(C(N)=O)C=C3)ccc2[nH]1. The summed E-state index contributed by atoms with van der Waals surface area (Å²) in [5, 5.41) is 8.49. The van der Waals surface area contributed by atoms with E-state index >= 15 is 0 Å². The van der Waals surface area contributed by atoms with Crippen molar-refractivity contribution < 1.29 is 28.8 Å². The summed E-state index contributed by atoms with van der Waals surface area (Å²) in [5.74, 6) is -1.82. The number of unbranched alkanes of at least 4 members (excludes halogenated alkanes) is 5. The highest BCUT2D eigenvalue weighted by Crippen LogP contribution is 2.36. The molecule has 0 spiro atoms. The molecule has 6 amide bonds. The van der Waals surface area contributed by atoms with E-state index in [2.05, 4.69) is 32.8 Å². The second kappa shape index (κ2) is 16.6. The van der Waals surface area contributed by atoms with Gasteiger partial charge in [0.25, 0.3) is 17.7 Å². The van der Waals surface area contributed by atoms with Gasteiger partial charge in [-0.3, -0.25) is 43.9 Å². The second-order valence-electron chi connectivity index (χ2n) is 15.5. The standard InChI is InChI=1S/C42H50N8O6/c1-26-10-9-23-49(26)25-34-46-30-14-13-28(24-32(30)47-34)45-37(52)27-17-20-42(21-18-27,41(43)56)19-6-4-2-3-5-7-22-44-31-12-8-11-29-36(31)40(55)50(39(29)54)33-15-16-35(51)48-38(33)53/h8,11-14,17-18,20,24,26,33,44H,2-7,9-10,15-16,19,21-23,25H2,1H3,(H2,43,56)(H,45,52)(H,46,47)(H,48,51,53)/t26-,33?,42?/m0/s1. The predicted octanol–water partition coefficient (Wildman–Crippen LogP) is 5.09. The lowest BCUT2D eigenvalue weighted by molar-refractivity contribution is -0.136. The van der Waals surface area contributed by atoms with Gasteiger partial charge in [-0.25, -0.2) is 4.98 Å². The molecule has 2 aromatic carbocycles. The summed E-state index contributed by atoms with van der Waals surface area (Å²) in [6.45, 7) is 4.70. The minimum absolute atomic E-state index is 0.0715. The van der Waals surface area contributed by atoms with Gasteiger partial charge in [-0.05, 0) is 82.3 Å². The van der Waals surface area contributed by atoms with Crippen molar-refractivity contribution in [2.24, 2.45) is 11.1 Å². The van der Waals surface area contributed by atoms with Crippen molar-refractivity contribution in [2.75, 3.05) is 23.7 Å². The predicted molar refractivity (Wildman–Crippen MR) is 211 cm³/mol. The van der Waals surface area contributed by atoms with Crippen LogP contribution in [0.1, 0.15) is 111 Å². The number of allylic oxidation sites excluding steroid dienone is 1. The van der Waals surface area contributed by atoms with Crippen LogP contribution >= 0.6 is 0 Å². The monoisotopic (exact) mass is 762 g/mol. The number of rotatable bonds is 16. The van der Waals surface area contributed by atoms with Gasteiger partial charge in [0, 0.05) is 36.0 Å². The third kappa shape index (κ3) is 8.15. The number of aromatic amines is 1. The molecule has 14 heteroatoms. The minimum atomic E-state index is -1.00. The number of nitrogens with zero attached hydrogens (tertiary/aromatic N) is 3. The number of imidazole rings is 1. The van der Waals surface area contributed by atoms with Crippen LogP contribution in [0, 0.1) is 5.41 Å². The first-order valence-electron chi connectivity index (χ1n) is 19.8. The lowest BCUT2D eigenvalue weighted by Crippen LogP contribution is -2.54. The molecule has 56 heavy (non-hydrogen) atoms. The van der Waals surface area contributed by atoms with Crippen LogP contribution in [0.5, 0.6) is 0 Å². The zero-order chi connectivity index (χ0) is 39.4. The Balaban J connectivity index is 0.820. The van der Waals surface area contributed by atoms with E-state index in [9.17, 15) is 28.8 Å². The maximum atomic E-state index is 13.3. The molecule has 0 radical (unpaired) electrons. The first-order chi connectivity index (χ1) is 27.0. The molecule has 294 valence electrons. The number of carbonyl (C=O) groups excluding carboxylic acids is 6. The van der Waals surface area contributed by atoms with Crippen LogP contribution in [0.3, 0.4) is 0 Å². The Bertz CT molecular complexity index is 2120. The third-order valence-electron chi connectivity index (χ3n) is 11.7. The van der Waals surface area contributed by atoms with E-state index in [1.54, 1.807) is 36.4 Å². The normalized spacial score (nSPS) is 22.4. The average Bonchev–Trinajstić information content (AvgIpc) is 3.85. The Morgan fingerprint density at radius 1 is 1.00 bits per heavy atom. The van der Waals surface area contributed by atoms with E-state index in [0.717, 1.165) is 73.4 Å². The Kier molecular flexibility index (Phi) is 11.5. The first kappa shape index (κ1) is 38.6. The van der Waals surface area contributed by atoms with E-state index < -0.39 is 41.0 Å². The Labute approximate surface area is 325 Å². The summed E-state index contributed by atoms with van der Waals surface area (Å²) in [5.41, 5.74) is 9.00. The van der Waals surface area contributed by atoms with Gasteiger partial charge in [-0.2, -0.15) is 0 Å². The van der Waals surface area contributed by atoms with E-state index in [1.165, 1.54) is 12.8 Å². The zero-order valence-corrected chi connectivity index (χ0v) is 31.8. The Morgan fingerprint density at radius 3 is 2.54 bits per heavy atom. The first-order valence-corrected chi connectivity index (χ1v) is 19.8. The maximum Gasteiger partial charge on any atom is 0.264 e. The fraction of sp³-hybridized carbons (Fsp3) is 0.452. The topological polar surface area (TPSA) is 200 Å². The molecule has 6 N–H and O–H groups in total. The van der Waals surface area contributed by atoms with Gasteiger partial charge in [-0.15, -0.1) is 0 Å². The van der Waals surface area contributed by atoms with Gasteiger partial charge < -0.3 is 21.4 Å². The van der Waals surface area contributed by atoms with Crippen LogP contribution in [0.4, 0.5) is 11.4 Å². The largest absolute Gasteiger partial charge is 0.384 e. The van der Waals surface area contributed by atoms with Crippen molar-refractivity contribution >= 4 is 57.9 Å². The molecule has 2 fully saturated rings. The van der Waals surface area contributed by atoms with Gasteiger partial charge in [-0.1, -0.05) is 56.4 Å². The smallest absolute Gasteiger partial charge is 0.264 e. The number of fused-ring (bicyclic) bond motifs is 2. The number of hydrogen-bond donors (Lipinski definition) is 5.